The van der Waals surface area contributed by atoms with E-state index >= 15 is 0 Å². The number of unbranched alkanes of at least 4 members (excludes halogenated alkanes) is 2. The van der Waals surface area contributed by atoms with Crippen molar-refractivity contribution in [2.75, 3.05) is 0 Å². The van der Waals surface area contributed by atoms with Gasteiger partial charge in [-0.05, 0) is 47.4 Å². The number of carbonyl (C=O) groups excluding carboxylic acids is 1. The summed E-state index contributed by atoms with van der Waals surface area (Å²) in [4.78, 5) is 12.1. The number of hydrogen-bond donors (Lipinski definition) is 1. The number of ketones is 1. The first-order chi connectivity index (χ1) is 11.8. The number of aromatic hydroxyl groups is 1. The highest BCUT2D eigenvalue weighted by atomic mass is 35.5. The number of Topliss-reactive ketones (excluding diaryl/α,β-unsaturated/α-hetero) is 1. The lowest BCUT2D eigenvalue weighted by atomic mass is 9.77. The van der Waals surface area contributed by atoms with E-state index in [2.05, 4.69) is 6.92 Å². The molecule has 2 atom stereocenters. The monoisotopic (exact) mass is 372 g/mol. The van der Waals surface area contributed by atoms with Crippen LogP contribution >= 0.6 is 11.6 Å². The summed E-state index contributed by atoms with van der Waals surface area (Å²) in [5, 5.41) is 10.1. The third kappa shape index (κ3) is 3.07. The van der Waals surface area contributed by atoms with Crippen LogP contribution in [0, 0.1) is 5.92 Å². The zero-order valence-corrected chi connectivity index (χ0v) is 14.7. The summed E-state index contributed by atoms with van der Waals surface area (Å²) < 4.78 is 40.7. The quantitative estimate of drug-likeness (QED) is 0.656. The van der Waals surface area contributed by atoms with Crippen molar-refractivity contribution in [1.29, 1.82) is 0 Å². The van der Waals surface area contributed by atoms with Crippen molar-refractivity contribution in [2.24, 2.45) is 5.92 Å². The van der Waals surface area contributed by atoms with Gasteiger partial charge in [0.25, 0.3) is 0 Å². The molecule has 2 aliphatic rings. The van der Waals surface area contributed by atoms with Gasteiger partial charge in [-0.1, -0.05) is 43.9 Å². The second-order valence-corrected chi connectivity index (χ2v) is 7.19. The van der Waals surface area contributed by atoms with Crippen LogP contribution in [0.5, 0.6) is 5.75 Å². The van der Waals surface area contributed by atoms with Gasteiger partial charge in [0.05, 0.1) is 5.02 Å². The van der Waals surface area contributed by atoms with Gasteiger partial charge in [0, 0.05) is 6.42 Å². The van der Waals surface area contributed by atoms with Crippen LogP contribution in [0.1, 0.15) is 62.5 Å². The number of halogens is 4. The highest BCUT2D eigenvalue weighted by Crippen LogP contribution is 2.58. The minimum absolute atomic E-state index is 0.0853. The molecule has 0 bridgehead atoms. The van der Waals surface area contributed by atoms with Crippen LogP contribution in [-0.4, -0.2) is 17.1 Å². The Hall–Kier alpha value is -1.49. The molecule has 0 radical (unpaired) electrons. The normalized spacial score (nSPS) is 23.0. The van der Waals surface area contributed by atoms with Gasteiger partial charge in [-0.3, -0.25) is 4.79 Å². The molecule has 2 nitrogen and oxygen atoms in total. The summed E-state index contributed by atoms with van der Waals surface area (Å²) in [5.74, 6) is -1.51. The van der Waals surface area contributed by atoms with E-state index < -0.39 is 17.5 Å². The molecule has 1 aromatic carbocycles. The van der Waals surface area contributed by atoms with E-state index in [0.717, 1.165) is 19.3 Å². The zero-order valence-electron chi connectivity index (χ0n) is 13.9. The van der Waals surface area contributed by atoms with Crippen molar-refractivity contribution in [2.45, 2.75) is 57.5 Å². The Morgan fingerprint density at radius 1 is 1.28 bits per heavy atom. The molecule has 0 aromatic heterocycles. The van der Waals surface area contributed by atoms with Crippen LogP contribution in [0.15, 0.2) is 17.7 Å². The van der Waals surface area contributed by atoms with Gasteiger partial charge in [-0.25, -0.2) is 0 Å². The molecule has 136 valence electrons. The molecule has 6 heteroatoms. The number of fused-ring (bicyclic) bond motifs is 3. The van der Waals surface area contributed by atoms with Gasteiger partial charge in [0.15, 0.2) is 5.78 Å². The van der Waals surface area contributed by atoms with Gasteiger partial charge in [-0.15, -0.1) is 0 Å². The van der Waals surface area contributed by atoms with Crippen LogP contribution < -0.4 is 0 Å². The molecule has 25 heavy (non-hydrogen) atoms. The SMILES string of the molecule is CCCCCC1c2c(ccc(O)c2Cl)C2=C(C(F)(F)F)C(=O)CCC21. The van der Waals surface area contributed by atoms with E-state index in [0.29, 0.717) is 24.0 Å². The highest BCUT2D eigenvalue weighted by Gasteiger charge is 2.50. The minimum atomic E-state index is -4.68. The molecule has 0 saturated heterocycles. The first-order valence-corrected chi connectivity index (χ1v) is 9.01. The summed E-state index contributed by atoms with van der Waals surface area (Å²) in [6, 6.07) is 2.79. The Balaban J connectivity index is 2.20. The molecular formula is C19H20ClF3O2. The van der Waals surface area contributed by atoms with Gasteiger partial charge in [0.1, 0.15) is 11.3 Å². The number of phenolic OH excluding ortho intramolecular Hbond substituents is 1. The van der Waals surface area contributed by atoms with Crippen molar-refractivity contribution < 1.29 is 23.1 Å². The van der Waals surface area contributed by atoms with Crippen molar-refractivity contribution >= 4 is 23.0 Å². The van der Waals surface area contributed by atoms with Crippen LogP contribution in [0.25, 0.3) is 5.57 Å². The molecule has 0 spiro atoms. The van der Waals surface area contributed by atoms with Crippen molar-refractivity contribution in [3.63, 3.8) is 0 Å². The van der Waals surface area contributed by atoms with Crippen LogP contribution in [0.2, 0.25) is 5.02 Å². The Kier molecular flexibility index (Phi) is 4.89. The average molecular weight is 373 g/mol. The van der Waals surface area contributed by atoms with E-state index in [9.17, 15) is 23.1 Å². The van der Waals surface area contributed by atoms with E-state index in [4.69, 9.17) is 11.6 Å². The fraction of sp³-hybridized carbons (Fsp3) is 0.526. The maximum absolute atomic E-state index is 13.6. The zero-order chi connectivity index (χ0) is 18.4. The fourth-order valence-corrected chi connectivity index (χ4v) is 4.58. The average Bonchev–Trinajstić information content (AvgIpc) is 2.84. The second kappa shape index (κ2) is 6.67. The first-order valence-electron chi connectivity index (χ1n) is 8.63. The molecule has 2 aliphatic carbocycles. The largest absolute Gasteiger partial charge is 0.506 e. The maximum Gasteiger partial charge on any atom is 0.420 e. The summed E-state index contributed by atoms with van der Waals surface area (Å²) >= 11 is 6.27. The molecule has 3 rings (SSSR count). The van der Waals surface area contributed by atoms with Gasteiger partial charge >= 0.3 is 6.18 Å². The fourth-order valence-electron chi connectivity index (χ4n) is 4.28. The Morgan fingerprint density at radius 3 is 2.64 bits per heavy atom. The number of hydrogen-bond acceptors (Lipinski definition) is 2. The van der Waals surface area contributed by atoms with Gasteiger partial charge in [-0.2, -0.15) is 13.2 Å². The summed E-state index contributed by atoms with van der Waals surface area (Å²) in [5.41, 5.74) is 0.0239. The third-order valence-corrected chi connectivity index (χ3v) is 5.71. The van der Waals surface area contributed by atoms with Crippen LogP contribution in [0.4, 0.5) is 13.2 Å². The number of alkyl halides is 3. The smallest absolute Gasteiger partial charge is 0.420 e. The number of allylic oxidation sites excluding steroid dienone is 2. The predicted octanol–water partition coefficient (Wildman–Crippen LogP) is 6.02. The lowest BCUT2D eigenvalue weighted by molar-refractivity contribution is -0.129. The molecule has 1 N–H and O–H groups in total. The molecule has 1 aromatic rings. The molecule has 0 saturated carbocycles. The Morgan fingerprint density at radius 2 is 2.00 bits per heavy atom. The third-order valence-electron chi connectivity index (χ3n) is 5.31. The minimum Gasteiger partial charge on any atom is -0.506 e. The summed E-state index contributed by atoms with van der Waals surface area (Å²) in [6.07, 6.45) is -0.790. The molecule has 0 fully saturated rings. The molecule has 0 heterocycles. The highest BCUT2D eigenvalue weighted by molar-refractivity contribution is 6.33. The number of phenols is 1. The standard InChI is InChI=1S/C19H20ClF3O2/c1-2-3-4-5-10-11-6-8-13(24)17(19(21,22)23)15(11)12-7-9-14(25)18(20)16(10)12/h7,9-11,25H,2-6,8H2,1H3. The van der Waals surface area contributed by atoms with E-state index in [1.807, 2.05) is 0 Å². The summed E-state index contributed by atoms with van der Waals surface area (Å²) in [7, 11) is 0. The predicted molar refractivity (Wildman–Crippen MR) is 90.7 cm³/mol. The topological polar surface area (TPSA) is 37.3 Å². The number of benzene rings is 1. The lowest BCUT2D eigenvalue weighted by Crippen LogP contribution is -2.28. The molecular weight excluding hydrogens is 353 g/mol. The van der Waals surface area contributed by atoms with Gasteiger partial charge in [0.2, 0.25) is 0 Å². The van der Waals surface area contributed by atoms with E-state index in [-0.39, 0.29) is 34.6 Å². The second-order valence-electron chi connectivity index (χ2n) is 6.82. The summed E-state index contributed by atoms with van der Waals surface area (Å²) in [6.45, 7) is 2.06. The van der Waals surface area contributed by atoms with Crippen molar-refractivity contribution in [3.8, 4) is 5.75 Å². The maximum atomic E-state index is 13.6. The van der Waals surface area contributed by atoms with Crippen molar-refractivity contribution in [1.82, 2.24) is 0 Å². The Labute approximate surface area is 149 Å². The molecule has 0 aliphatic heterocycles. The first kappa shape index (κ1) is 18.3. The van der Waals surface area contributed by atoms with Gasteiger partial charge < -0.3 is 5.11 Å². The van der Waals surface area contributed by atoms with Crippen molar-refractivity contribution in [3.05, 3.63) is 33.9 Å². The number of carbonyl (C=O) groups is 1. The van der Waals surface area contributed by atoms with E-state index in [1.165, 1.54) is 12.1 Å². The molecule has 0 amide bonds. The van der Waals surface area contributed by atoms with Crippen LogP contribution in [-0.2, 0) is 4.79 Å². The van der Waals surface area contributed by atoms with E-state index in [1.54, 1.807) is 0 Å². The number of rotatable bonds is 4. The molecule has 2 unspecified atom stereocenters. The van der Waals surface area contributed by atoms with Crippen LogP contribution in [0.3, 0.4) is 0 Å². The lowest BCUT2D eigenvalue weighted by Gasteiger charge is -2.28. The Bertz CT molecular complexity index is 737.